The van der Waals surface area contributed by atoms with Gasteiger partial charge in [0.05, 0.1) is 5.94 Å². The smallest absolute Gasteiger partial charge is 0.445 e. The molecule has 0 aromatic heterocycles. The van der Waals surface area contributed by atoms with E-state index in [9.17, 15) is 12.9 Å². The molecule has 0 aliphatic carbocycles. The van der Waals surface area contributed by atoms with Gasteiger partial charge in [-0.15, -0.1) is 0 Å². The van der Waals surface area contributed by atoms with Gasteiger partial charge in [0.2, 0.25) is 0 Å². The van der Waals surface area contributed by atoms with Crippen molar-refractivity contribution in [3.63, 3.8) is 0 Å². The Morgan fingerprint density at radius 3 is 2.15 bits per heavy atom. The van der Waals surface area contributed by atoms with Crippen LogP contribution in [0.3, 0.4) is 0 Å². The quantitative estimate of drug-likeness (QED) is 0.692. The third-order valence-corrected chi connectivity index (χ3v) is 1.88. The summed E-state index contributed by atoms with van der Waals surface area (Å²) in [7, 11) is 0. The van der Waals surface area contributed by atoms with Crippen LogP contribution in [0.4, 0.5) is 12.9 Å². The van der Waals surface area contributed by atoms with E-state index in [1.54, 1.807) is 30.3 Å². The molecule has 0 aliphatic heterocycles. The first-order valence-corrected chi connectivity index (χ1v) is 4.07. The minimum Gasteiger partial charge on any atom is -0.445 e. The van der Waals surface area contributed by atoms with Crippen molar-refractivity contribution < 1.29 is 18.7 Å². The van der Waals surface area contributed by atoms with Crippen LogP contribution in [0.1, 0.15) is 5.56 Å². The molecule has 0 spiro atoms. The number of hydrogen-bond acceptors (Lipinski definition) is 0. The zero-order valence-electron chi connectivity index (χ0n) is 7.09. The molecule has 0 heterocycles. The molecule has 0 saturated carbocycles. The van der Waals surface area contributed by atoms with E-state index in [1.807, 2.05) is 0 Å². The van der Waals surface area contributed by atoms with Crippen LogP contribution in [0.5, 0.6) is 0 Å². The maximum absolute atomic E-state index is 12.1. The van der Waals surface area contributed by atoms with Crippen molar-refractivity contribution in [1.29, 1.82) is 0 Å². The van der Waals surface area contributed by atoms with Gasteiger partial charge < -0.3 is 18.7 Å². The third kappa shape index (κ3) is 3.10. The second-order valence-corrected chi connectivity index (χ2v) is 3.08. The van der Waals surface area contributed by atoms with Crippen LogP contribution in [-0.2, 0) is 6.42 Å². The zero-order chi connectivity index (χ0) is 9.90. The molecule has 0 bridgehead atoms. The molecule has 1 nitrogen and oxygen atoms in total. The van der Waals surface area contributed by atoms with Crippen molar-refractivity contribution in [2.75, 3.05) is 0 Å². The average molecular weight is 189 g/mol. The number of quaternary nitrogens is 1. The van der Waals surface area contributed by atoms with Crippen LogP contribution in [-0.4, -0.2) is 12.9 Å². The number of benzene rings is 1. The fourth-order valence-corrected chi connectivity index (χ4v) is 1.05. The summed E-state index contributed by atoms with van der Waals surface area (Å²) in [6, 6.07) is 8.59. The SMILES string of the molecule is [NH3+][C@@H](Cc1ccccc1)[B-](F)(F)F. The second kappa shape index (κ2) is 3.83. The number of rotatable bonds is 3. The van der Waals surface area contributed by atoms with Gasteiger partial charge in [0.25, 0.3) is 0 Å². The van der Waals surface area contributed by atoms with Crippen molar-refractivity contribution in [3.05, 3.63) is 35.9 Å². The van der Waals surface area contributed by atoms with Crippen LogP contribution in [0.15, 0.2) is 30.3 Å². The fourth-order valence-electron chi connectivity index (χ4n) is 1.05. The number of hydrogen-bond donors (Lipinski definition) is 1. The minimum absolute atomic E-state index is 0.0235. The Hall–Kier alpha value is -0.965. The van der Waals surface area contributed by atoms with Crippen molar-refractivity contribution in [2.45, 2.75) is 12.4 Å². The van der Waals surface area contributed by atoms with Gasteiger partial charge >= 0.3 is 6.98 Å². The van der Waals surface area contributed by atoms with Gasteiger partial charge in [0, 0.05) is 0 Å². The molecule has 1 rings (SSSR count). The highest BCUT2D eigenvalue weighted by molar-refractivity contribution is 6.59. The molecule has 0 unspecified atom stereocenters. The molecule has 3 N–H and O–H groups in total. The minimum atomic E-state index is -4.81. The van der Waals surface area contributed by atoms with Gasteiger partial charge in [-0.2, -0.15) is 0 Å². The van der Waals surface area contributed by atoms with Crippen molar-refractivity contribution >= 4 is 6.98 Å². The zero-order valence-corrected chi connectivity index (χ0v) is 7.09. The summed E-state index contributed by atoms with van der Waals surface area (Å²) in [5, 5.41) is 0. The van der Waals surface area contributed by atoms with E-state index >= 15 is 0 Å². The van der Waals surface area contributed by atoms with Crippen LogP contribution in [0.2, 0.25) is 0 Å². The summed E-state index contributed by atoms with van der Waals surface area (Å²) < 4.78 is 36.4. The highest BCUT2D eigenvalue weighted by atomic mass is 19.4. The summed E-state index contributed by atoms with van der Waals surface area (Å²) in [6.45, 7) is -4.81. The normalized spacial score (nSPS) is 14.2. The first-order chi connectivity index (χ1) is 6.00. The van der Waals surface area contributed by atoms with E-state index in [-0.39, 0.29) is 6.42 Å². The van der Waals surface area contributed by atoms with E-state index in [1.165, 1.54) is 0 Å². The Balaban J connectivity index is 2.61. The van der Waals surface area contributed by atoms with Crippen molar-refractivity contribution in [1.82, 2.24) is 0 Å². The van der Waals surface area contributed by atoms with Crippen LogP contribution >= 0.6 is 0 Å². The first-order valence-electron chi connectivity index (χ1n) is 4.07. The van der Waals surface area contributed by atoms with Gasteiger partial charge in [-0.1, -0.05) is 30.3 Å². The molecular weight excluding hydrogens is 178 g/mol. The van der Waals surface area contributed by atoms with Crippen molar-refractivity contribution in [3.8, 4) is 0 Å². The molecule has 1 aromatic carbocycles. The largest absolute Gasteiger partial charge is 0.535 e. The van der Waals surface area contributed by atoms with Crippen molar-refractivity contribution in [2.24, 2.45) is 0 Å². The molecule has 1 aromatic rings. The van der Waals surface area contributed by atoms with Gasteiger partial charge in [-0.3, -0.25) is 0 Å². The molecule has 0 amide bonds. The summed E-state index contributed by atoms with van der Waals surface area (Å²) in [5.74, 6) is -1.46. The lowest BCUT2D eigenvalue weighted by Crippen LogP contribution is -2.71. The molecular formula is C8H11BF3N. The molecule has 0 aliphatic rings. The summed E-state index contributed by atoms with van der Waals surface area (Å²) in [4.78, 5) is 0. The standard InChI is InChI=1S/C8H10BF3N/c10-9(11,12)8(13)6-7-4-2-1-3-5-7/h1-5,8H,6,13H2/q-1/p+1/t8-/m0/s1. The van der Waals surface area contributed by atoms with Gasteiger partial charge in [0.1, 0.15) is 0 Å². The van der Waals surface area contributed by atoms with E-state index in [2.05, 4.69) is 5.73 Å². The lowest BCUT2D eigenvalue weighted by atomic mass is 9.76. The van der Waals surface area contributed by atoms with E-state index in [4.69, 9.17) is 0 Å². The average Bonchev–Trinajstić information content (AvgIpc) is 2.04. The maximum Gasteiger partial charge on any atom is 0.535 e. The molecule has 1 atom stereocenters. The molecule has 0 saturated heterocycles. The second-order valence-electron chi connectivity index (χ2n) is 3.08. The van der Waals surface area contributed by atoms with Crippen LogP contribution in [0.25, 0.3) is 0 Å². The van der Waals surface area contributed by atoms with E-state index in [0.717, 1.165) is 0 Å². The molecule has 5 heteroatoms. The maximum atomic E-state index is 12.1. The summed E-state index contributed by atoms with van der Waals surface area (Å²) in [6.07, 6.45) is -0.0235. The van der Waals surface area contributed by atoms with Crippen LogP contribution < -0.4 is 5.73 Å². The Morgan fingerprint density at radius 2 is 1.69 bits per heavy atom. The Bertz CT molecular complexity index is 260. The third-order valence-electron chi connectivity index (χ3n) is 1.88. The molecule has 0 fully saturated rings. The monoisotopic (exact) mass is 189 g/mol. The lowest BCUT2D eigenvalue weighted by molar-refractivity contribution is -0.399. The summed E-state index contributed by atoms with van der Waals surface area (Å²) in [5.41, 5.74) is 3.79. The van der Waals surface area contributed by atoms with E-state index in [0.29, 0.717) is 5.56 Å². The topological polar surface area (TPSA) is 27.6 Å². The Kier molecular flexibility index (Phi) is 2.98. The fraction of sp³-hybridized carbons (Fsp3) is 0.250. The molecule has 0 radical (unpaired) electrons. The first kappa shape index (κ1) is 10.1. The Morgan fingerprint density at radius 1 is 1.15 bits per heavy atom. The highest BCUT2D eigenvalue weighted by Gasteiger charge is 2.35. The van der Waals surface area contributed by atoms with Crippen LogP contribution in [0, 0.1) is 0 Å². The molecule has 72 valence electrons. The van der Waals surface area contributed by atoms with E-state index < -0.39 is 12.9 Å². The lowest BCUT2D eigenvalue weighted by Gasteiger charge is -2.18. The predicted octanol–water partition coefficient (Wildman–Crippen LogP) is 1.23. The van der Waals surface area contributed by atoms with Gasteiger partial charge in [-0.25, -0.2) is 0 Å². The van der Waals surface area contributed by atoms with Gasteiger partial charge in [-0.05, 0) is 12.0 Å². The Labute approximate surface area is 74.8 Å². The van der Waals surface area contributed by atoms with Gasteiger partial charge in [0.15, 0.2) is 0 Å². The number of halogens is 3. The summed E-state index contributed by atoms with van der Waals surface area (Å²) >= 11 is 0. The highest BCUT2D eigenvalue weighted by Crippen LogP contribution is 2.14. The molecule has 13 heavy (non-hydrogen) atoms. The predicted molar refractivity (Wildman–Crippen MR) is 45.9 cm³/mol.